The lowest BCUT2D eigenvalue weighted by molar-refractivity contribution is -0.119. The number of sulfonamides is 1. The van der Waals surface area contributed by atoms with E-state index < -0.39 is 22.0 Å². The second-order valence-corrected chi connectivity index (χ2v) is 5.48. The van der Waals surface area contributed by atoms with Crippen LogP contribution in [0.4, 0.5) is 0 Å². The molecular weight excluding hydrogens is 272 g/mol. The Balaban J connectivity index is 3.12. The first-order chi connectivity index (χ1) is 8.81. The van der Waals surface area contributed by atoms with Crippen molar-refractivity contribution in [3.63, 3.8) is 0 Å². The standard InChI is InChI=1S/C11H16N2O5S/c1-7(11(12)14)13-19(15,16)8-4-5-9(17-2)10(6-8)18-3/h4-7,13H,1-3H3,(H2,12,14)/t7-/m1/s1. The number of rotatable bonds is 6. The van der Waals surface area contributed by atoms with Gasteiger partial charge in [0.2, 0.25) is 15.9 Å². The number of benzene rings is 1. The van der Waals surface area contributed by atoms with Crippen LogP contribution >= 0.6 is 0 Å². The molecule has 8 heteroatoms. The van der Waals surface area contributed by atoms with Crippen molar-refractivity contribution in [3.05, 3.63) is 18.2 Å². The number of hydrogen-bond donors (Lipinski definition) is 2. The summed E-state index contributed by atoms with van der Waals surface area (Å²) in [4.78, 5) is 10.8. The van der Waals surface area contributed by atoms with Gasteiger partial charge in [-0.1, -0.05) is 0 Å². The van der Waals surface area contributed by atoms with Gasteiger partial charge in [0.1, 0.15) is 0 Å². The molecule has 106 valence electrons. The van der Waals surface area contributed by atoms with E-state index in [1.807, 2.05) is 0 Å². The number of hydrogen-bond acceptors (Lipinski definition) is 5. The maximum Gasteiger partial charge on any atom is 0.241 e. The van der Waals surface area contributed by atoms with E-state index in [2.05, 4.69) is 4.72 Å². The van der Waals surface area contributed by atoms with Gasteiger partial charge in [-0.25, -0.2) is 8.42 Å². The van der Waals surface area contributed by atoms with Gasteiger partial charge in [0, 0.05) is 6.07 Å². The van der Waals surface area contributed by atoms with Crippen LogP contribution < -0.4 is 19.9 Å². The number of nitrogens with one attached hydrogen (secondary N) is 1. The summed E-state index contributed by atoms with van der Waals surface area (Å²) in [6, 6.07) is 3.10. The number of methoxy groups -OCH3 is 2. The van der Waals surface area contributed by atoms with E-state index in [0.717, 1.165) is 0 Å². The minimum Gasteiger partial charge on any atom is -0.493 e. The second kappa shape index (κ2) is 5.89. The van der Waals surface area contributed by atoms with E-state index >= 15 is 0 Å². The minimum atomic E-state index is -3.85. The summed E-state index contributed by atoms with van der Waals surface area (Å²) in [6.45, 7) is 1.36. The molecule has 0 fully saturated rings. The molecule has 0 saturated heterocycles. The van der Waals surface area contributed by atoms with Crippen LogP contribution in [0.2, 0.25) is 0 Å². The van der Waals surface area contributed by atoms with Crippen molar-refractivity contribution in [1.29, 1.82) is 0 Å². The summed E-state index contributed by atoms with van der Waals surface area (Å²) in [5, 5.41) is 0. The first kappa shape index (κ1) is 15.3. The number of carbonyl (C=O) groups is 1. The summed E-state index contributed by atoms with van der Waals surface area (Å²) in [7, 11) is -1.01. The Morgan fingerprint density at radius 2 is 1.84 bits per heavy atom. The van der Waals surface area contributed by atoms with E-state index in [-0.39, 0.29) is 10.6 Å². The number of nitrogens with two attached hydrogens (primary N) is 1. The van der Waals surface area contributed by atoms with Gasteiger partial charge in [0.25, 0.3) is 0 Å². The Morgan fingerprint density at radius 3 is 2.32 bits per heavy atom. The second-order valence-electron chi connectivity index (χ2n) is 3.76. The third-order valence-corrected chi connectivity index (χ3v) is 3.96. The molecule has 0 radical (unpaired) electrons. The lowest BCUT2D eigenvalue weighted by atomic mass is 10.3. The summed E-state index contributed by atoms with van der Waals surface area (Å²) in [6.07, 6.45) is 0. The topological polar surface area (TPSA) is 108 Å². The van der Waals surface area contributed by atoms with Crippen molar-refractivity contribution in [1.82, 2.24) is 4.72 Å². The van der Waals surface area contributed by atoms with Crippen LogP contribution in [-0.2, 0) is 14.8 Å². The number of amides is 1. The van der Waals surface area contributed by atoms with Crippen LogP contribution in [0.5, 0.6) is 11.5 Å². The molecule has 1 atom stereocenters. The van der Waals surface area contributed by atoms with Crippen LogP contribution in [0.3, 0.4) is 0 Å². The maximum absolute atomic E-state index is 12.0. The lowest BCUT2D eigenvalue weighted by Crippen LogP contribution is -2.42. The van der Waals surface area contributed by atoms with Crippen LogP contribution in [0.15, 0.2) is 23.1 Å². The van der Waals surface area contributed by atoms with Gasteiger partial charge >= 0.3 is 0 Å². The van der Waals surface area contributed by atoms with Crippen molar-refractivity contribution < 1.29 is 22.7 Å². The Kier molecular flexibility index (Phi) is 4.73. The molecular formula is C11H16N2O5S. The van der Waals surface area contributed by atoms with Gasteiger partial charge in [-0.3, -0.25) is 4.79 Å². The predicted molar refractivity (Wildman–Crippen MR) is 68.5 cm³/mol. The fourth-order valence-corrected chi connectivity index (χ4v) is 2.57. The Labute approximate surface area is 111 Å². The third-order valence-electron chi connectivity index (χ3n) is 2.42. The molecule has 1 aromatic carbocycles. The van der Waals surface area contributed by atoms with Crippen LogP contribution in [0, 0.1) is 0 Å². The Bertz CT molecular complexity index is 570. The van der Waals surface area contributed by atoms with Gasteiger partial charge in [-0.2, -0.15) is 4.72 Å². The molecule has 0 aliphatic heterocycles. The molecule has 1 rings (SSSR count). The fraction of sp³-hybridized carbons (Fsp3) is 0.364. The van der Waals surface area contributed by atoms with Crippen molar-refractivity contribution in [2.45, 2.75) is 17.9 Å². The highest BCUT2D eigenvalue weighted by atomic mass is 32.2. The minimum absolute atomic E-state index is 0.0433. The number of ether oxygens (including phenoxy) is 2. The summed E-state index contributed by atoms with van der Waals surface area (Å²) in [5.41, 5.74) is 5.01. The zero-order valence-corrected chi connectivity index (χ0v) is 11.7. The monoisotopic (exact) mass is 288 g/mol. The fourth-order valence-electron chi connectivity index (χ4n) is 1.34. The molecule has 0 aliphatic rings. The Hall–Kier alpha value is -1.80. The van der Waals surface area contributed by atoms with Crippen LogP contribution in [0.1, 0.15) is 6.92 Å². The number of carbonyl (C=O) groups excluding carboxylic acids is 1. The molecule has 0 heterocycles. The van der Waals surface area contributed by atoms with E-state index in [9.17, 15) is 13.2 Å². The molecule has 0 unspecified atom stereocenters. The quantitative estimate of drug-likeness (QED) is 0.757. The summed E-state index contributed by atoms with van der Waals surface area (Å²) >= 11 is 0. The SMILES string of the molecule is COc1ccc(S(=O)(=O)N[C@H](C)C(N)=O)cc1OC. The van der Waals surface area contributed by atoms with Gasteiger partial charge < -0.3 is 15.2 Å². The van der Waals surface area contributed by atoms with Crippen molar-refractivity contribution in [3.8, 4) is 11.5 Å². The zero-order chi connectivity index (χ0) is 14.6. The third kappa shape index (κ3) is 3.58. The molecule has 19 heavy (non-hydrogen) atoms. The zero-order valence-electron chi connectivity index (χ0n) is 10.8. The molecule has 1 aromatic rings. The van der Waals surface area contributed by atoms with Crippen molar-refractivity contribution in [2.75, 3.05) is 14.2 Å². The van der Waals surface area contributed by atoms with E-state index in [4.69, 9.17) is 15.2 Å². The van der Waals surface area contributed by atoms with E-state index in [1.165, 1.54) is 39.3 Å². The lowest BCUT2D eigenvalue weighted by Gasteiger charge is -2.13. The molecule has 1 amide bonds. The molecule has 0 spiro atoms. The molecule has 0 saturated carbocycles. The summed E-state index contributed by atoms with van der Waals surface area (Å²) < 4.78 is 36.2. The van der Waals surface area contributed by atoms with Crippen LogP contribution in [0.25, 0.3) is 0 Å². The normalized spacial score (nSPS) is 12.8. The van der Waals surface area contributed by atoms with Gasteiger partial charge in [0.15, 0.2) is 11.5 Å². The van der Waals surface area contributed by atoms with Gasteiger partial charge in [-0.05, 0) is 19.1 Å². The molecule has 7 nitrogen and oxygen atoms in total. The van der Waals surface area contributed by atoms with Gasteiger partial charge in [0.05, 0.1) is 25.2 Å². The molecule has 0 aromatic heterocycles. The predicted octanol–water partition coefficient (Wildman–Crippen LogP) is -0.144. The van der Waals surface area contributed by atoms with Crippen molar-refractivity contribution in [2.24, 2.45) is 5.73 Å². The molecule has 0 aliphatic carbocycles. The van der Waals surface area contributed by atoms with Crippen molar-refractivity contribution >= 4 is 15.9 Å². The van der Waals surface area contributed by atoms with E-state index in [1.54, 1.807) is 0 Å². The molecule has 3 N–H and O–H groups in total. The first-order valence-electron chi connectivity index (χ1n) is 5.35. The number of primary amides is 1. The Morgan fingerprint density at radius 1 is 1.26 bits per heavy atom. The van der Waals surface area contributed by atoms with Gasteiger partial charge in [-0.15, -0.1) is 0 Å². The average molecular weight is 288 g/mol. The highest BCUT2D eigenvalue weighted by Crippen LogP contribution is 2.29. The summed E-state index contributed by atoms with van der Waals surface area (Å²) in [5.74, 6) is -0.0782. The maximum atomic E-state index is 12.0. The smallest absolute Gasteiger partial charge is 0.241 e. The average Bonchev–Trinajstić information content (AvgIpc) is 2.37. The molecule has 0 bridgehead atoms. The largest absolute Gasteiger partial charge is 0.493 e. The first-order valence-corrected chi connectivity index (χ1v) is 6.84. The van der Waals surface area contributed by atoms with Crippen LogP contribution in [-0.4, -0.2) is 34.6 Å². The van der Waals surface area contributed by atoms with E-state index in [0.29, 0.717) is 5.75 Å². The highest BCUT2D eigenvalue weighted by Gasteiger charge is 2.21. The highest BCUT2D eigenvalue weighted by molar-refractivity contribution is 7.89.